The maximum absolute atomic E-state index is 5.81. The number of ether oxygens (including phenoxy) is 1. The van der Waals surface area contributed by atoms with Crippen molar-refractivity contribution in [2.45, 2.75) is 26.7 Å². The first-order valence-corrected chi connectivity index (χ1v) is 8.06. The summed E-state index contributed by atoms with van der Waals surface area (Å²) >= 11 is 6.94. The summed E-state index contributed by atoms with van der Waals surface area (Å²) < 4.78 is 7.86. The Morgan fingerprint density at radius 1 is 1.05 bits per heavy atom. The highest BCUT2D eigenvalue weighted by atomic mass is 79.9. The van der Waals surface area contributed by atoms with Gasteiger partial charge in [0, 0.05) is 11.0 Å². The van der Waals surface area contributed by atoms with Crippen molar-refractivity contribution in [2.24, 2.45) is 0 Å². The molecule has 0 unspecified atom stereocenters. The van der Waals surface area contributed by atoms with E-state index in [0.717, 1.165) is 40.9 Å². The summed E-state index contributed by atoms with van der Waals surface area (Å²) in [6.45, 7) is 8.46. The highest BCUT2D eigenvalue weighted by molar-refractivity contribution is 9.11. The van der Waals surface area contributed by atoms with Gasteiger partial charge in [0.25, 0.3) is 0 Å². The van der Waals surface area contributed by atoms with Gasteiger partial charge in [-0.3, -0.25) is 4.90 Å². The number of nitrogens with zero attached hydrogens (tertiary/aromatic N) is 1. The Kier molecular flexibility index (Phi) is 11.1. The fraction of sp³-hybridized carbons (Fsp3) is 0.571. The number of halogens is 3. The largest absolute Gasteiger partial charge is 0.491 e. The van der Waals surface area contributed by atoms with E-state index < -0.39 is 0 Å². The highest BCUT2D eigenvalue weighted by Gasteiger charge is 2.05. The van der Waals surface area contributed by atoms with Gasteiger partial charge in [0.1, 0.15) is 12.4 Å². The van der Waals surface area contributed by atoms with Gasteiger partial charge in [-0.2, -0.15) is 0 Å². The van der Waals surface area contributed by atoms with Crippen molar-refractivity contribution in [3.05, 3.63) is 27.1 Å². The lowest BCUT2D eigenvalue weighted by atomic mass is 10.3. The highest BCUT2D eigenvalue weighted by Crippen LogP contribution is 2.28. The van der Waals surface area contributed by atoms with E-state index in [0.29, 0.717) is 0 Å². The van der Waals surface area contributed by atoms with Crippen molar-refractivity contribution in [3.63, 3.8) is 0 Å². The fourth-order valence-corrected chi connectivity index (χ4v) is 3.01. The number of benzene rings is 1. The van der Waals surface area contributed by atoms with Gasteiger partial charge in [0.05, 0.1) is 4.47 Å². The van der Waals surface area contributed by atoms with Crippen LogP contribution in [0.2, 0.25) is 0 Å². The van der Waals surface area contributed by atoms with Crippen LogP contribution in [0.3, 0.4) is 0 Å². The average molecular weight is 416 g/mol. The van der Waals surface area contributed by atoms with Crippen molar-refractivity contribution >= 4 is 44.3 Å². The van der Waals surface area contributed by atoms with Crippen molar-refractivity contribution in [1.29, 1.82) is 0 Å². The van der Waals surface area contributed by atoms with Gasteiger partial charge in [-0.25, -0.2) is 0 Å². The first-order valence-electron chi connectivity index (χ1n) is 6.47. The number of rotatable bonds is 8. The molecule has 0 saturated carbocycles. The zero-order chi connectivity index (χ0) is 13.4. The summed E-state index contributed by atoms with van der Waals surface area (Å²) in [5.74, 6) is 0.908. The molecule has 1 aromatic rings. The molecule has 2 nitrogen and oxygen atoms in total. The third kappa shape index (κ3) is 7.54. The summed E-state index contributed by atoms with van der Waals surface area (Å²) in [6, 6.07) is 5.99. The zero-order valence-electron chi connectivity index (χ0n) is 11.5. The third-order valence-electron chi connectivity index (χ3n) is 2.64. The molecule has 1 rings (SSSR count). The second-order valence-corrected chi connectivity index (χ2v) is 6.03. The molecule has 0 amide bonds. The minimum atomic E-state index is 0. The van der Waals surface area contributed by atoms with Crippen LogP contribution >= 0.6 is 44.3 Å². The van der Waals surface area contributed by atoms with Crippen LogP contribution in [-0.2, 0) is 0 Å². The molecule has 0 aliphatic heterocycles. The van der Waals surface area contributed by atoms with Crippen LogP contribution in [0.5, 0.6) is 5.75 Å². The van der Waals surface area contributed by atoms with E-state index in [1.807, 2.05) is 18.2 Å². The molecule has 0 spiro atoms. The Labute approximate surface area is 139 Å². The van der Waals surface area contributed by atoms with E-state index in [2.05, 4.69) is 50.6 Å². The lowest BCUT2D eigenvalue weighted by Gasteiger charge is -2.21. The smallest absolute Gasteiger partial charge is 0.133 e. The SMILES string of the molecule is CCCN(CCC)CCOc1ccc(Br)cc1Br.Cl. The van der Waals surface area contributed by atoms with Crippen LogP contribution in [0.4, 0.5) is 0 Å². The second-order valence-electron chi connectivity index (χ2n) is 4.26. The van der Waals surface area contributed by atoms with E-state index in [4.69, 9.17) is 4.74 Å². The molecule has 0 atom stereocenters. The third-order valence-corrected chi connectivity index (χ3v) is 3.75. The van der Waals surface area contributed by atoms with Crippen molar-refractivity contribution in [2.75, 3.05) is 26.2 Å². The molecule has 1 aromatic carbocycles. The summed E-state index contributed by atoms with van der Waals surface area (Å²) in [7, 11) is 0. The van der Waals surface area contributed by atoms with Gasteiger partial charge in [-0.1, -0.05) is 29.8 Å². The van der Waals surface area contributed by atoms with Crippen LogP contribution in [0, 0.1) is 0 Å². The lowest BCUT2D eigenvalue weighted by Crippen LogP contribution is -2.30. The summed E-state index contributed by atoms with van der Waals surface area (Å²) in [5.41, 5.74) is 0. The molecule has 0 N–H and O–H groups in total. The quantitative estimate of drug-likeness (QED) is 0.583. The summed E-state index contributed by atoms with van der Waals surface area (Å²) in [5, 5.41) is 0. The van der Waals surface area contributed by atoms with Crippen LogP contribution in [-0.4, -0.2) is 31.1 Å². The number of hydrogen-bond acceptors (Lipinski definition) is 2. The first-order chi connectivity index (χ1) is 8.67. The van der Waals surface area contributed by atoms with Gasteiger partial charge in [0.15, 0.2) is 0 Å². The van der Waals surface area contributed by atoms with E-state index in [-0.39, 0.29) is 12.4 Å². The molecule has 110 valence electrons. The Morgan fingerprint density at radius 2 is 1.68 bits per heavy atom. The molecule has 0 saturated heterocycles. The molecule has 19 heavy (non-hydrogen) atoms. The van der Waals surface area contributed by atoms with Gasteiger partial charge in [-0.15, -0.1) is 12.4 Å². The van der Waals surface area contributed by atoms with E-state index in [1.165, 1.54) is 12.8 Å². The second kappa shape index (κ2) is 11.0. The molecule has 0 aliphatic carbocycles. The van der Waals surface area contributed by atoms with Gasteiger partial charge in [0.2, 0.25) is 0 Å². The van der Waals surface area contributed by atoms with Gasteiger partial charge < -0.3 is 4.74 Å². The van der Waals surface area contributed by atoms with E-state index in [1.54, 1.807) is 0 Å². The molecule has 0 bridgehead atoms. The zero-order valence-corrected chi connectivity index (χ0v) is 15.5. The Bertz CT molecular complexity index is 357. The van der Waals surface area contributed by atoms with Crippen LogP contribution in [0.15, 0.2) is 27.1 Å². The monoisotopic (exact) mass is 413 g/mol. The average Bonchev–Trinajstić information content (AvgIpc) is 2.32. The molecule has 0 heterocycles. The number of hydrogen-bond donors (Lipinski definition) is 0. The Hall–Kier alpha value is 0.230. The standard InChI is InChI=1S/C14H21Br2NO.ClH/c1-3-7-17(8-4-2)9-10-18-14-6-5-12(15)11-13(14)16;/h5-6,11H,3-4,7-10H2,1-2H3;1H. The molecule has 5 heteroatoms. The van der Waals surface area contributed by atoms with Crippen LogP contribution < -0.4 is 4.74 Å². The van der Waals surface area contributed by atoms with Crippen molar-refractivity contribution in [1.82, 2.24) is 4.90 Å². The van der Waals surface area contributed by atoms with Crippen LogP contribution in [0.1, 0.15) is 26.7 Å². The van der Waals surface area contributed by atoms with E-state index >= 15 is 0 Å². The lowest BCUT2D eigenvalue weighted by molar-refractivity contribution is 0.208. The molecular weight excluding hydrogens is 393 g/mol. The summed E-state index contributed by atoms with van der Waals surface area (Å²) in [4.78, 5) is 2.45. The Morgan fingerprint density at radius 3 is 2.21 bits per heavy atom. The van der Waals surface area contributed by atoms with Crippen LogP contribution in [0.25, 0.3) is 0 Å². The minimum Gasteiger partial charge on any atom is -0.491 e. The fourth-order valence-electron chi connectivity index (χ4n) is 1.84. The summed E-state index contributed by atoms with van der Waals surface area (Å²) in [6.07, 6.45) is 2.39. The molecule has 0 fully saturated rings. The van der Waals surface area contributed by atoms with Gasteiger partial charge >= 0.3 is 0 Å². The molecule has 0 radical (unpaired) electrons. The maximum atomic E-state index is 5.81. The Balaban J connectivity index is 0.00000324. The van der Waals surface area contributed by atoms with E-state index in [9.17, 15) is 0 Å². The maximum Gasteiger partial charge on any atom is 0.133 e. The first kappa shape index (κ1) is 19.2. The predicted octanol–water partition coefficient (Wildman–Crippen LogP) is 5.13. The van der Waals surface area contributed by atoms with Crippen molar-refractivity contribution < 1.29 is 4.74 Å². The molecule has 0 aliphatic rings. The van der Waals surface area contributed by atoms with Crippen molar-refractivity contribution in [3.8, 4) is 5.75 Å². The minimum absolute atomic E-state index is 0. The normalized spacial score (nSPS) is 10.4. The molecule has 0 aromatic heterocycles. The topological polar surface area (TPSA) is 12.5 Å². The molecular formula is C14H22Br2ClNO. The van der Waals surface area contributed by atoms with Gasteiger partial charge in [-0.05, 0) is 60.1 Å². The predicted molar refractivity (Wildman–Crippen MR) is 91.6 cm³/mol.